The highest BCUT2D eigenvalue weighted by Gasteiger charge is 2.29. The van der Waals surface area contributed by atoms with E-state index < -0.39 is 0 Å². The number of carbonyl (C=O) groups excluding carboxylic acids is 1. The van der Waals surface area contributed by atoms with Crippen LogP contribution in [0.25, 0.3) is 0 Å². The van der Waals surface area contributed by atoms with Gasteiger partial charge in [-0.1, -0.05) is 32.1 Å². The molecule has 2 fully saturated rings. The van der Waals surface area contributed by atoms with Crippen molar-refractivity contribution in [2.24, 2.45) is 23.5 Å². The first kappa shape index (κ1) is 14.8. The molecule has 0 aliphatic heterocycles. The van der Waals surface area contributed by atoms with Gasteiger partial charge in [-0.25, -0.2) is 0 Å². The van der Waals surface area contributed by atoms with Crippen LogP contribution in [0.4, 0.5) is 0 Å². The summed E-state index contributed by atoms with van der Waals surface area (Å²) in [5, 5.41) is 3.21. The SMILES string of the molecule is NCC1CCC(C(=O)NCC2CCCCCCC2)C1. The maximum absolute atomic E-state index is 12.2. The Morgan fingerprint density at radius 2 is 1.63 bits per heavy atom. The second-order valence-corrected chi connectivity index (χ2v) is 6.57. The summed E-state index contributed by atoms with van der Waals surface area (Å²) >= 11 is 0. The van der Waals surface area contributed by atoms with Gasteiger partial charge in [0.05, 0.1) is 0 Å². The van der Waals surface area contributed by atoms with Gasteiger partial charge < -0.3 is 11.1 Å². The van der Waals surface area contributed by atoms with Gasteiger partial charge in [-0.05, 0) is 50.5 Å². The first-order chi connectivity index (χ1) is 9.29. The van der Waals surface area contributed by atoms with Crippen LogP contribution >= 0.6 is 0 Å². The van der Waals surface area contributed by atoms with Crippen LogP contribution in [0.2, 0.25) is 0 Å². The van der Waals surface area contributed by atoms with Gasteiger partial charge in [0.2, 0.25) is 5.91 Å². The number of nitrogens with two attached hydrogens (primary N) is 1. The van der Waals surface area contributed by atoms with Crippen LogP contribution in [0.5, 0.6) is 0 Å². The minimum absolute atomic E-state index is 0.238. The van der Waals surface area contributed by atoms with Gasteiger partial charge in [-0.2, -0.15) is 0 Å². The van der Waals surface area contributed by atoms with E-state index in [0.29, 0.717) is 5.92 Å². The molecular weight excluding hydrogens is 236 g/mol. The molecule has 2 rings (SSSR count). The molecular formula is C16H30N2O. The molecule has 2 saturated carbocycles. The molecule has 2 aliphatic rings. The summed E-state index contributed by atoms with van der Waals surface area (Å²) in [5.74, 6) is 1.83. The Kier molecular flexibility index (Phi) is 6.15. The van der Waals surface area contributed by atoms with Gasteiger partial charge >= 0.3 is 0 Å². The summed E-state index contributed by atoms with van der Waals surface area (Å²) in [6, 6.07) is 0. The van der Waals surface area contributed by atoms with Crippen molar-refractivity contribution < 1.29 is 4.79 Å². The minimum atomic E-state index is 0.238. The third kappa shape index (κ3) is 4.79. The molecule has 0 radical (unpaired) electrons. The summed E-state index contributed by atoms with van der Waals surface area (Å²) in [4.78, 5) is 12.2. The first-order valence-electron chi connectivity index (χ1n) is 8.27. The summed E-state index contributed by atoms with van der Waals surface area (Å²) in [6.07, 6.45) is 12.6. The van der Waals surface area contributed by atoms with Crippen LogP contribution in [-0.4, -0.2) is 19.0 Å². The Balaban J connectivity index is 1.67. The highest BCUT2D eigenvalue weighted by Crippen LogP contribution is 2.30. The molecule has 110 valence electrons. The highest BCUT2D eigenvalue weighted by molar-refractivity contribution is 5.78. The van der Waals surface area contributed by atoms with Crippen LogP contribution in [0.3, 0.4) is 0 Å². The van der Waals surface area contributed by atoms with E-state index in [4.69, 9.17) is 5.73 Å². The van der Waals surface area contributed by atoms with Gasteiger partial charge in [-0.3, -0.25) is 4.79 Å². The van der Waals surface area contributed by atoms with E-state index in [2.05, 4.69) is 5.32 Å². The fourth-order valence-electron chi connectivity index (χ4n) is 3.66. The summed E-state index contributed by atoms with van der Waals surface area (Å²) < 4.78 is 0. The smallest absolute Gasteiger partial charge is 0.223 e. The van der Waals surface area contributed by atoms with Crippen molar-refractivity contribution >= 4 is 5.91 Å². The van der Waals surface area contributed by atoms with E-state index in [1.54, 1.807) is 0 Å². The summed E-state index contributed by atoms with van der Waals surface area (Å²) in [6.45, 7) is 1.65. The maximum atomic E-state index is 12.2. The van der Waals surface area contributed by atoms with Crippen molar-refractivity contribution in [1.82, 2.24) is 5.32 Å². The fourth-order valence-corrected chi connectivity index (χ4v) is 3.66. The molecule has 0 aromatic heterocycles. The van der Waals surface area contributed by atoms with E-state index in [1.165, 1.54) is 44.9 Å². The molecule has 3 nitrogen and oxygen atoms in total. The van der Waals surface area contributed by atoms with E-state index in [-0.39, 0.29) is 11.8 Å². The topological polar surface area (TPSA) is 55.1 Å². The van der Waals surface area contributed by atoms with Crippen molar-refractivity contribution in [3.05, 3.63) is 0 Å². The van der Waals surface area contributed by atoms with E-state index in [0.717, 1.165) is 38.3 Å². The number of nitrogens with one attached hydrogen (secondary N) is 1. The van der Waals surface area contributed by atoms with Gasteiger partial charge in [-0.15, -0.1) is 0 Å². The van der Waals surface area contributed by atoms with Gasteiger partial charge in [0.25, 0.3) is 0 Å². The molecule has 0 saturated heterocycles. The Hall–Kier alpha value is -0.570. The Bertz CT molecular complexity index is 272. The zero-order valence-corrected chi connectivity index (χ0v) is 12.2. The number of amides is 1. The molecule has 2 atom stereocenters. The number of rotatable bonds is 4. The molecule has 1 amide bonds. The predicted octanol–water partition coefficient (Wildman–Crippen LogP) is 2.84. The molecule has 2 aliphatic carbocycles. The Morgan fingerprint density at radius 1 is 0.947 bits per heavy atom. The van der Waals surface area contributed by atoms with Gasteiger partial charge in [0, 0.05) is 12.5 Å². The number of hydrogen-bond donors (Lipinski definition) is 2. The van der Waals surface area contributed by atoms with E-state index in [9.17, 15) is 4.79 Å². The number of carbonyl (C=O) groups is 1. The van der Waals surface area contributed by atoms with Crippen molar-refractivity contribution in [3.8, 4) is 0 Å². The molecule has 0 spiro atoms. The number of hydrogen-bond acceptors (Lipinski definition) is 2. The molecule has 19 heavy (non-hydrogen) atoms. The maximum Gasteiger partial charge on any atom is 0.223 e. The molecule has 2 unspecified atom stereocenters. The lowest BCUT2D eigenvalue weighted by molar-refractivity contribution is -0.125. The zero-order valence-electron chi connectivity index (χ0n) is 12.2. The van der Waals surface area contributed by atoms with Crippen LogP contribution in [-0.2, 0) is 4.79 Å². The van der Waals surface area contributed by atoms with Crippen LogP contribution in [0, 0.1) is 17.8 Å². The van der Waals surface area contributed by atoms with Crippen LogP contribution < -0.4 is 11.1 Å². The molecule has 0 heterocycles. The van der Waals surface area contributed by atoms with Crippen molar-refractivity contribution in [1.29, 1.82) is 0 Å². The molecule has 0 aromatic rings. The van der Waals surface area contributed by atoms with Gasteiger partial charge in [0.15, 0.2) is 0 Å². The third-order valence-electron chi connectivity index (χ3n) is 5.04. The lowest BCUT2D eigenvalue weighted by Gasteiger charge is -2.21. The van der Waals surface area contributed by atoms with E-state index in [1.807, 2.05) is 0 Å². The second-order valence-electron chi connectivity index (χ2n) is 6.57. The summed E-state index contributed by atoms with van der Waals surface area (Å²) in [5.41, 5.74) is 5.69. The third-order valence-corrected chi connectivity index (χ3v) is 5.04. The molecule has 0 aromatic carbocycles. The average Bonchev–Trinajstić information content (AvgIpc) is 2.86. The highest BCUT2D eigenvalue weighted by atomic mass is 16.1. The largest absolute Gasteiger partial charge is 0.356 e. The predicted molar refractivity (Wildman–Crippen MR) is 78.7 cm³/mol. The monoisotopic (exact) mass is 266 g/mol. The first-order valence-corrected chi connectivity index (χ1v) is 8.27. The van der Waals surface area contributed by atoms with Crippen molar-refractivity contribution in [2.75, 3.05) is 13.1 Å². The lowest BCUT2D eigenvalue weighted by atomic mass is 9.91. The normalized spacial score (nSPS) is 29.7. The zero-order chi connectivity index (χ0) is 13.5. The van der Waals surface area contributed by atoms with Crippen LogP contribution in [0.15, 0.2) is 0 Å². The fraction of sp³-hybridized carbons (Fsp3) is 0.938. The standard InChI is InChI=1S/C16H30N2O/c17-11-14-8-9-15(10-14)16(19)18-12-13-6-4-2-1-3-5-7-13/h13-15H,1-12,17H2,(H,18,19). The molecule has 3 N–H and O–H groups in total. The molecule has 0 bridgehead atoms. The van der Waals surface area contributed by atoms with Gasteiger partial charge in [0.1, 0.15) is 0 Å². The minimum Gasteiger partial charge on any atom is -0.356 e. The van der Waals surface area contributed by atoms with Crippen molar-refractivity contribution in [3.63, 3.8) is 0 Å². The summed E-state index contributed by atoms with van der Waals surface area (Å²) in [7, 11) is 0. The van der Waals surface area contributed by atoms with Crippen LogP contribution in [0.1, 0.15) is 64.2 Å². The Labute approximate surface area is 117 Å². The Morgan fingerprint density at radius 3 is 2.26 bits per heavy atom. The van der Waals surface area contributed by atoms with E-state index >= 15 is 0 Å². The second kappa shape index (κ2) is 7.88. The average molecular weight is 266 g/mol. The van der Waals surface area contributed by atoms with Crippen molar-refractivity contribution in [2.45, 2.75) is 64.2 Å². The molecule has 3 heteroatoms. The quantitative estimate of drug-likeness (QED) is 0.822. The lowest BCUT2D eigenvalue weighted by Crippen LogP contribution is -2.34.